The highest BCUT2D eigenvalue weighted by atomic mass is 16.3. The average molecular weight is 806 g/mol. The maximum Gasteiger partial charge on any atom is 0.164 e. The third-order valence-electron chi connectivity index (χ3n) is 11.2. The van der Waals surface area contributed by atoms with Gasteiger partial charge in [-0.25, -0.2) is 15.0 Å². The number of fused-ring (bicyclic) bond motifs is 6. The summed E-state index contributed by atoms with van der Waals surface area (Å²) in [6, 6.07) is 45.2. The molecule has 1 aliphatic rings. The maximum atomic E-state index is 9.02. The molecule has 0 radical (unpaired) electrons. The van der Waals surface area contributed by atoms with E-state index in [2.05, 4.69) is 17.1 Å². The first-order chi connectivity index (χ1) is 34.8. The molecule has 3 aromatic heterocycles. The van der Waals surface area contributed by atoms with E-state index in [1.54, 1.807) is 0 Å². The van der Waals surface area contributed by atoms with Crippen LogP contribution < -0.4 is 0 Å². The lowest BCUT2D eigenvalue weighted by molar-refractivity contribution is 0.669. The first kappa shape index (κ1) is 26.8. The normalized spacial score (nSPS) is 17.9. The number of rotatable bonds is 7. The summed E-state index contributed by atoms with van der Waals surface area (Å²) in [5.74, 6) is -0.658. The van der Waals surface area contributed by atoms with Crippen LogP contribution in [0.2, 0.25) is 0 Å². The highest BCUT2D eigenvalue weighted by molar-refractivity contribution is 6.10. The molecule has 0 N–H and O–H groups in total. The van der Waals surface area contributed by atoms with Gasteiger partial charge in [-0.2, -0.15) is 0 Å². The number of hydrogen-bond acceptors (Lipinski definition) is 5. The summed E-state index contributed by atoms with van der Waals surface area (Å²) in [6.07, 6.45) is -3.11. The molecule has 0 spiro atoms. The zero-order valence-electron chi connectivity index (χ0n) is 42.7. The van der Waals surface area contributed by atoms with Gasteiger partial charge in [-0.1, -0.05) is 158 Å². The summed E-state index contributed by atoms with van der Waals surface area (Å²) in [5.41, 5.74) is 9.53. The Bertz CT molecular complexity index is 3960. The van der Waals surface area contributed by atoms with E-state index >= 15 is 0 Å². The molecular weight excluding hydrogens is 759 g/mol. The van der Waals surface area contributed by atoms with Gasteiger partial charge in [-0.05, 0) is 94.2 Å². The first-order valence-electron chi connectivity index (χ1n) is 25.2. The van der Waals surface area contributed by atoms with Crippen LogP contribution in [0.5, 0.6) is 0 Å². The minimum Gasteiger partial charge on any atom is -0.455 e. The molecule has 11 aromatic rings. The second-order valence-corrected chi connectivity index (χ2v) is 15.0. The number of hydrogen-bond donors (Lipinski definition) is 0. The van der Waals surface area contributed by atoms with Crippen LogP contribution in [-0.2, 0) is 0 Å². The van der Waals surface area contributed by atoms with Crippen molar-refractivity contribution in [3.05, 3.63) is 206 Å². The van der Waals surface area contributed by atoms with E-state index < -0.39 is 61.2 Å². The fourth-order valence-corrected chi connectivity index (χ4v) is 8.31. The third-order valence-corrected chi connectivity index (χ3v) is 11.2. The Kier molecular flexibility index (Phi) is 6.43. The number of benzene rings is 8. The molecule has 0 saturated carbocycles. The molecule has 0 saturated heterocycles. The van der Waals surface area contributed by atoms with E-state index in [0.29, 0.717) is 5.56 Å². The lowest BCUT2D eigenvalue weighted by atomic mass is 9.92. The minimum atomic E-state index is -1.57. The van der Waals surface area contributed by atoms with E-state index in [4.69, 9.17) is 32.5 Å². The first-order valence-corrected chi connectivity index (χ1v) is 20.1. The van der Waals surface area contributed by atoms with Crippen LogP contribution in [0, 0.1) is 0 Å². The quantitative estimate of drug-likeness (QED) is 0.160. The Morgan fingerprint density at radius 3 is 1.53 bits per heavy atom. The zero-order valence-corrected chi connectivity index (χ0v) is 32.7. The van der Waals surface area contributed by atoms with Crippen molar-refractivity contribution < 1.29 is 22.5 Å². The topological polar surface area (TPSA) is 65.0 Å². The average Bonchev–Trinajstić information content (AvgIpc) is 4.00. The zero-order chi connectivity index (χ0) is 49.7. The Morgan fingerprint density at radius 2 is 0.919 bits per heavy atom. The molecule has 0 fully saturated rings. The number of para-hydroxylation sites is 4. The van der Waals surface area contributed by atoms with E-state index in [1.165, 1.54) is 0 Å². The largest absolute Gasteiger partial charge is 0.455 e. The third kappa shape index (κ3) is 6.30. The minimum absolute atomic E-state index is 0.0301. The lowest BCUT2D eigenvalue weighted by Gasteiger charge is -2.15. The fraction of sp³-hybridized carbons (Fsp3) is 0.0351. The van der Waals surface area contributed by atoms with Gasteiger partial charge in [-0.15, -0.1) is 0 Å². The second kappa shape index (κ2) is 14.8. The van der Waals surface area contributed by atoms with E-state index in [1.807, 2.05) is 140 Å². The number of nitrogens with zero attached hydrogens (tertiary/aromatic N) is 3. The SMILES string of the molecule is [2H]C1=C([2H])C([2H])C([2H])C(c2nc(-c3cc(-c4cccc(-c5cccc6c5oc5ccccc56)c4)cc(-c4cccc(-c5cccc6c5oc5ccccc56)c4)c3)nc(-c3c([2H])c([2H])c([2H])c([2H])c3[2H])n2)=C1[2H]. The molecule has 0 bridgehead atoms. The molecule has 2 atom stereocenters. The Morgan fingerprint density at radius 1 is 0.435 bits per heavy atom. The summed E-state index contributed by atoms with van der Waals surface area (Å²) in [4.78, 5) is 14.2. The smallest absolute Gasteiger partial charge is 0.164 e. The van der Waals surface area contributed by atoms with Crippen molar-refractivity contribution in [3.63, 3.8) is 0 Å². The molecule has 2 unspecified atom stereocenters. The van der Waals surface area contributed by atoms with Crippen molar-refractivity contribution in [1.82, 2.24) is 15.0 Å². The van der Waals surface area contributed by atoms with Gasteiger partial charge in [-0.3, -0.25) is 0 Å². The van der Waals surface area contributed by atoms with Crippen molar-refractivity contribution in [2.75, 3.05) is 0 Å². The Balaban J connectivity index is 1.10. The van der Waals surface area contributed by atoms with Gasteiger partial charge in [0, 0.05) is 46.5 Å². The summed E-state index contributed by atoms with van der Waals surface area (Å²) in [6.45, 7) is 0. The van der Waals surface area contributed by atoms with Gasteiger partial charge < -0.3 is 8.83 Å². The van der Waals surface area contributed by atoms with Gasteiger partial charge >= 0.3 is 0 Å². The summed E-state index contributed by atoms with van der Waals surface area (Å²) in [5, 5.41) is 3.99. The summed E-state index contributed by atoms with van der Waals surface area (Å²) < 4.78 is 99.5. The van der Waals surface area contributed by atoms with Crippen molar-refractivity contribution in [2.45, 2.75) is 12.8 Å². The molecule has 5 nitrogen and oxygen atoms in total. The molecule has 62 heavy (non-hydrogen) atoms. The standard InChI is InChI=1S/C57H37N3O2/c1-3-15-36(16-4-1)55-58-56(37-17-5-2-6-18-37)60-57(59-55)44-34-42(38-19-11-21-40(31-38)45-25-13-27-49-47-23-7-9-29-51(47)61-53(45)49)33-43(35-44)39-20-12-22-41(32-39)46-26-14-28-50-48-24-8-10-30-52(48)62-54(46)50/h1-5,7-17,19-35H,6,18H2/i1D,2D,3D,4D,5D,6D,15D,16D,17D,18D. The van der Waals surface area contributed by atoms with Crippen molar-refractivity contribution >= 4 is 49.5 Å². The van der Waals surface area contributed by atoms with Crippen LogP contribution in [0.4, 0.5) is 0 Å². The predicted molar refractivity (Wildman–Crippen MR) is 253 cm³/mol. The monoisotopic (exact) mass is 805 g/mol. The van der Waals surface area contributed by atoms with E-state index in [9.17, 15) is 0 Å². The molecule has 8 aromatic carbocycles. The van der Waals surface area contributed by atoms with Gasteiger partial charge in [0.05, 0.1) is 11.0 Å². The molecule has 5 heteroatoms. The number of furan rings is 2. The Hall–Kier alpha value is -8.15. The van der Waals surface area contributed by atoms with Crippen molar-refractivity contribution in [3.8, 4) is 67.3 Å². The molecule has 12 rings (SSSR count). The van der Waals surface area contributed by atoms with Crippen LogP contribution in [0.15, 0.2) is 209 Å². The lowest BCUT2D eigenvalue weighted by Crippen LogP contribution is -2.04. The molecule has 292 valence electrons. The molecule has 1 aliphatic carbocycles. The van der Waals surface area contributed by atoms with Crippen LogP contribution in [-0.4, -0.2) is 15.0 Å². The number of aromatic nitrogens is 3. The van der Waals surface area contributed by atoms with Crippen molar-refractivity contribution in [2.24, 2.45) is 0 Å². The Labute approximate surface area is 372 Å². The van der Waals surface area contributed by atoms with Gasteiger partial charge in [0.1, 0.15) is 22.3 Å². The second-order valence-electron chi connectivity index (χ2n) is 15.0. The van der Waals surface area contributed by atoms with E-state index in [0.717, 1.165) is 88.4 Å². The van der Waals surface area contributed by atoms with Crippen LogP contribution in [0.25, 0.3) is 117 Å². The summed E-state index contributed by atoms with van der Waals surface area (Å²) >= 11 is 0. The predicted octanol–water partition coefficient (Wildman–Crippen LogP) is 15.4. The van der Waals surface area contributed by atoms with E-state index in [-0.39, 0.29) is 28.6 Å². The maximum absolute atomic E-state index is 9.02. The molecule has 0 aliphatic heterocycles. The van der Waals surface area contributed by atoms with Gasteiger partial charge in [0.15, 0.2) is 17.5 Å². The van der Waals surface area contributed by atoms with Crippen LogP contribution in [0.1, 0.15) is 32.3 Å². The van der Waals surface area contributed by atoms with Crippen LogP contribution in [0.3, 0.4) is 0 Å². The highest BCUT2D eigenvalue weighted by Crippen LogP contribution is 2.41. The summed E-state index contributed by atoms with van der Waals surface area (Å²) in [7, 11) is 0. The van der Waals surface area contributed by atoms with Crippen LogP contribution >= 0.6 is 0 Å². The molecular formula is C57H37N3O2. The number of allylic oxidation sites excluding steroid dienone is 4. The molecule has 3 heterocycles. The highest BCUT2D eigenvalue weighted by Gasteiger charge is 2.19. The molecule has 0 amide bonds. The van der Waals surface area contributed by atoms with Crippen molar-refractivity contribution in [1.29, 1.82) is 0 Å². The van der Waals surface area contributed by atoms with Gasteiger partial charge in [0.2, 0.25) is 0 Å². The fourth-order valence-electron chi connectivity index (χ4n) is 8.31. The van der Waals surface area contributed by atoms with Gasteiger partial charge in [0.25, 0.3) is 0 Å².